The Kier molecular flexibility index (Phi) is 3.86. The maximum Gasteiger partial charge on any atom is 0.287 e. The zero-order valence-electron chi connectivity index (χ0n) is 12.9. The van der Waals surface area contributed by atoms with E-state index in [-0.39, 0.29) is 24.0 Å². The highest BCUT2D eigenvalue weighted by Crippen LogP contribution is 2.25. The monoisotopic (exact) mass is 354 g/mol. The van der Waals surface area contributed by atoms with Gasteiger partial charge in [-0.3, -0.25) is 4.79 Å². The lowest BCUT2D eigenvalue weighted by Gasteiger charge is -2.03. The third kappa shape index (κ3) is 3.19. The van der Waals surface area contributed by atoms with E-state index in [0.717, 1.165) is 10.8 Å². The quantitative estimate of drug-likeness (QED) is 0.580. The van der Waals surface area contributed by atoms with Gasteiger partial charge in [-0.05, 0) is 42.0 Å². The van der Waals surface area contributed by atoms with Crippen molar-refractivity contribution >= 4 is 39.5 Å². The summed E-state index contributed by atoms with van der Waals surface area (Å²) in [5.41, 5.74) is 1.73. The molecule has 2 aromatic carbocycles. The molecule has 0 aliphatic rings. The fourth-order valence-corrected chi connectivity index (χ4v) is 2.79. The number of hydrogen-bond acceptors (Lipinski definition) is 3. The van der Waals surface area contributed by atoms with Crippen molar-refractivity contribution in [3.8, 4) is 0 Å². The van der Waals surface area contributed by atoms with Crippen molar-refractivity contribution in [1.29, 1.82) is 0 Å². The number of furan rings is 1. The van der Waals surface area contributed by atoms with Gasteiger partial charge in [0.2, 0.25) is 5.71 Å². The van der Waals surface area contributed by atoms with Crippen LogP contribution in [0.4, 0.5) is 4.39 Å². The minimum absolute atomic E-state index is 0.153. The average Bonchev–Trinajstić information content (AvgIpc) is 3.00. The van der Waals surface area contributed by atoms with Crippen LogP contribution in [-0.2, 0) is 6.54 Å². The lowest BCUT2D eigenvalue weighted by molar-refractivity contribution is 0.0925. The molecule has 0 radical (unpaired) electrons. The first kappa shape index (κ1) is 15.6. The molecule has 0 atom stereocenters. The number of carbonyl (C=O) groups is 1. The minimum atomic E-state index is -0.385. The fourth-order valence-electron chi connectivity index (χ4n) is 2.63. The second-order valence-electron chi connectivity index (χ2n) is 5.64. The molecule has 0 spiro atoms. The molecule has 4 aromatic rings. The summed E-state index contributed by atoms with van der Waals surface area (Å²) in [5.74, 6) is -0.574. The molecule has 0 unspecified atom stereocenters. The van der Waals surface area contributed by atoms with Gasteiger partial charge >= 0.3 is 0 Å². The van der Waals surface area contributed by atoms with E-state index in [0.29, 0.717) is 21.8 Å². The molecule has 1 N–H and O–H groups in total. The van der Waals surface area contributed by atoms with E-state index in [1.54, 1.807) is 30.3 Å². The maximum atomic E-state index is 13.2. The van der Waals surface area contributed by atoms with Gasteiger partial charge in [-0.2, -0.15) is 0 Å². The van der Waals surface area contributed by atoms with Crippen molar-refractivity contribution < 1.29 is 13.6 Å². The Morgan fingerprint density at radius 3 is 2.84 bits per heavy atom. The average molecular weight is 355 g/mol. The molecule has 2 heterocycles. The topological polar surface area (TPSA) is 55.1 Å². The molecule has 0 saturated carbocycles. The summed E-state index contributed by atoms with van der Waals surface area (Å²) >= 11 is 5.97. The zero-order valence-corrected chi connectivity index (χ0v) is 13.7. The Morgan fingerprint density at radius 1 is 1.12 bits per heavy atom. The van der Waals surface area contributed by atoms with Crippen LogP contribution >= 0.6 is 11.6 Å². The van der Waals surface area contributed by atoms with Crippen LogP contribution in [0.3, 0.4) is 0 Å². The Bertz CT molecular complexity index is 1110. The summed E-state index contributed by atoms with van der Waals surface area (Å²) in [5, 5.41) is 4.92. The molecule has 0 aliphatic carbocycles. The zero-order chi connectivity index (χ0) is 17.4. The van der Waals surface area contributed by atoms with Crippen LogP contribution in [0.25, 0.3) is 22.0 Å². The van der Waals surface area contributed by atoms with Gasteiger partial charge in [0.1, 0.15) is 5.82 Å². The van der Waals surface area contributed by atoms with Crippen LogP contribution in [-0.4, -0.2) is 10.9 Å². The molecule has 0 aliphatic heterocycles. The summed E-state index contributed by atoms with van der Waals surface area (Å²) in [6.07, 6.45) is 0. The van der Waals surface area contributed by atoms with Gasteiger partial charge in [-0.15, -0.1) is 0 Å². The van der Waals surface area contributed by atoms with Gasteiger partial charge < -0.3 is 9.73 Å². The van der Waals surface area contributed by atoms with Gasteiger partial charge in [0.15, 0.2) is 5.76 Å². The molecule has 0 fully saturated rings. The number of amides is 1. The number of fused-ring (bicyclic) bond motifs is 2. The molecule has 2 aromatic heterocycles. The van der Waals surface area contributed by atoms with Crippen molar-refractivity contribution in [2.45, 2.75) is 6.54 Å². The molecular weight excluding hydrogens is 343 g/mol. The van der Waals surface area contributed by atoms with Crippen LogP contribution in [0.5, 0.6) is 0 Å². The normalized spacial score (nSPS) is 11.1. The van der Waals surface area contributed by atoms with E-state index in [2.05, 4.69) is 10.3 Å². The van der Waals surface area contributed by atoms with Crippen LogP contribution in [0.2, 0.25) is 5.02 Å². The lowest BCUT2D eigenvalue weighted by Crippen LogP contribution is -2.22. The highest BCUT2D eigenvalue weighted by atomic mass is 35.5. The van der Waals surface area contributed by atoms with E-state index < -0.39 is 0 Å². The number of aromatic nitrogens is 1. The summed E-state index contributed by atoms with van der Waals surface area (Å²) in [6, 6.07) is 15.0. The second kappa shape index (κ2) is 6.18. The first-order valence-electron chi connectivity index (χ1n) is 7.61. The molecule has 4 rings (SSSR count). The van der Waals surface area contributed by atoms with E-state index in [1.165, 1.54) is 12.1 Å². The number of halogens is 2. The molecule has 1 amide bonds. The second-order valence-corrected chi connectivity index (χ2v) is 6.08. The van der Waals surface area contributed by atoms with Crippen molar-refractivity contribution in [2.24, 2.45) is 0 Å². The Labute approximate surface area is 147 Å². The Balaban J connectivity index is 1.60. The number of pyridine rings is 1. The van der Waals surface area contributed by atoms with Gasteiger partial charge in [-0.1, -0.05) is 29.8 Å². The smallest absolute Gasteiger partial charge is 0.287 e. The fraction of sp³-hybridized carbons (Fsp3) is 0.0526. The highest BCUT2D eigenvalue weighted by molar-refractivity contribution is 6.31. The van der Waals surface area contributed by atoms with Gasteiger partial charge in [0.25, 0.3) is 5.91 Å². The summed E-state index contributed by atoms with van der Waals surface area (Å²) < 4.78 is 18.7. The molecule has 25 heavy (non-hydrogen) atoms. The molecule has 0 bridgehead atoms. The van der Waals surface area contributed by atoms with Crippen LogP contribution in [0.15, 0.2) is 59.0 Å². The predicted octanol–water partition coefficient (Wildman–Crippen LogP) is 4.70. The molecular formula is C19H12ClFN2O2. The van der Waals surface area contributed by atoms with E-state index in [4.69, 9.17) is 16.0 Å². The van der Waals surface area contributed by atoms with E-state index in [1.807, 2.05) is 12.1 Å². The van der Waals surface area contributed by atoms with Crippen LogP contribution in [0.1, 0.15) is 16.1 Å². The van der Waals surface area contributed by atoms with Gasteiger partial charge in [-0.25, -0.2) is 9.37 Å². The number of carbonyl (C=O) groups excluding carboxylic acids is 1. The largest absolute Gasteiger partial charge is 0.433 e. The number of rotatable bonds is 3. The first-order valence-corrected chi connectivity index (χ1v) is 7.99. The number of nitrogens with zero attached hydrogens (tertiary/aromatic N) is 1. The van der Waals surface area contributed by atoms with E-state index >= 15 is 0 Å². The van der Waals surface area contributed by atoms with Gasteiger partial charge in [0.05, 0.1) is 5.52 Å². The SMILES string of the molecule is O=C(NCc1cccc(F)c1)c1cc2cc3ccc(Cl)cc3nc2o1. The molecule has 124 valence electrons. The van der Waals surface area contributed by atoms with Crippen molar-refractivity contribution in [2.75, 3.05) is 0 Å². The number of hydrogen-bond donors (Lipinski definition) is 1. The summed E-state index contributed by atoms with van der Waals surface area (Å²) in [4.78, 5) is 16.7. The standard InChI is InChI=1S/C19H12ClFN2O2/c20-14-5-4-12-7-13-8-17(25-19(13)23-16(12)9-14)18(24)22-10-11-2-1-3-15(21)6-11/h1-9H,10H2,(H,22,24). The van der Waals surface area contributed by atoms with Crippen molar-refractivity contribution in [3.05, 3.63) is 76.8 Å². The first-order chi connectivity index (χ1) is 12.1. The molecule has 4 nitrogen and oxygen atoms in total. The third-order valence-corrected chi connectivity index (χ3v) is 4.07. The minimum Gasteiger partial charge on any atom is -0.433 e. The van der Waals surface area contributed by atoms with Gasteiger partial charge in [0, 0.05) is 22.3 Å². The third-order valence-electron chi connectivity index (χ3n) is 3.83. The number of benzene rings is 2. The van der Waals surface area contributed by atoms with Crippen LogP contribution < -0.4 is 5.32 Å². The molecule has 0 saturated heterocycles. The predicted molar refractivity (Wildman–Crippen MR) is 94.1 cm³/mol. The summed E-state index contributed by atoms with van der Waals surface area (Å²) in [6.45, 7) is 0.207. The van der Waals surface area contributed by atoms with E-state index in [9.17, 15) is 9.18 Å². The highest BCUT2D eigenvalue weighted by Gasteiger charge is 2.14. The van der Waals surface area contributed by atoms with Crippen molar-refractivity contribution in [3.63, 3.8) is 0 Å². The maximum absolute atomic E-state index is 13.2. The Morgan fingerprint density at radius 2 is 2.00 bits per heavy atom. The Hall–Kier alpha value is -2.92. The number of nitrogens with one attached hydrogen (secondary N) is 1. The lowest BCUT2D eigenvalue weighted by atomic mass is 10.2. The van der Waals surface area contributed by atoms with Crippen molar-refractivity contribution in [1.82, 2.24) is 10.3 Å². The van der Waals surface area contributed by atoms with Crippen LogP contribution in [0, 0.1) is 5.82 Å². The summed E-state index contributed by atoms with van der Waals surface area (Å²) in [7, 11) is 0. The molecule has 6 heteroatoms.